The summed E-state index contributed by atoms with van der Waals surface area (Å²) in [4.78, 5) is 17.0. The Kier molecular flexibility index (Phi) is 5.58. The highest BCUT2D eigenvalue weighted by Gasteiger charge is 2.61. The monoisotopic (exact) mass is 459 g/mol. The van der Waals surface area contributed by atoms with Gasteiger partial charge in [-0.25, -0.2) is 4.57 Å². The van der Waals surface area contributed by atoms with Gasteiger partial charge in [-0.3, -0.25) is 14.8 Å². The van der Waals surface area contributed by atoms with Crippen LogP contribution in [-0.2, 0) is 17.6 Å². The first-order chi connectivity index (χ1) is 15.7. The normalized spacial score (nSPS) is 13.6. The van der Waals surface area contributed by atoms with E-state index in [9.17, 15) is 18.0 Å². The first-order valence-corrected chi connectivity index (χ1v) is 9.76. The molecule has 0 saturated carbocycles. The van der Waals surface area contributed by atoms with Gasteiger partial charge in [0.15, 0.2) is 0 Å². The highest BCUT2D eigenvalue weighted by molar-refractivity contribution is 5.94. The van der Waals surface area contributed by atoms with Gasteiger partial charge in [0.25, 0.3) is 5.91 Å². The Labute approximate surface area is 186 Å². The van der Waals surface area contributed by atoms with Crippen molar-refractivity contribution >= 4 is 16.9 Å². The molecule has 2 aromatic heterocycles. The van der Waals surface area contributed by atoms with Gasteiger partial charge in [-0.15, -0.1) is 0 Å². The fourth-order valence-electron chi connectivity index (χ4n) is 3.55. The zero-order valence-electron chi connectivity index (χ0n) is 17.9. The third-order valence-electron chi connectivity index (χ3n) is 5.13. The van der Waals surface area contributed by atoms with Crippen LogP contribution in [0.1, 0.15) is 10.4 Å². The Morgan fingerprint density at radius 2 is 1.79 bits per heavy atom. The van der Waals surface area contributed by atoms with E-state index in [0.29, 0.717) is 15.8 Å². The first-order valence-electron chi connectivity index (χ1n) is 9.76. The van der Waals surface area contributed by atoms with Gasteiger partial charge in [0.05, 0.1) is 23.8 Å². The first kappa shape index (κ1) is 22.3. The summed E-state index contributed by atoms with van der Waals surface area (Å²) >= 11 is 0. The Morgan fingerprint density at radius 1 is 1.06 bits per heavy atom. The predicted molar refractivity (Wildman–Crippen MR) is 113 cm³/mol. The van der Waals surface area contributed by atoms with Crippen LogP contribution in [-0.4, -0.2) is 45.6 Å². The third-order valence-corrected chi connectivity index (χ3v) is 5.13. The number of aromatic nitrogens is 4. The maximum absolute atomic E-state index is 14.5. The van der Waals surface area contributed by atoms with Gasteiger partial charge in [-0.2, -0.15) is 23.3 Å². The number of methoxy groups -OCH3 is 2. The van der Waals surface area contributed by atoms with Crippen LogP contribution in [0.15, 0.2) is 60.8 Å². The van der Waals surface area contributed by atoms with Crippen molar-refractivity contribution in [1.82, 2.24) is 24.6 Å². The number of carbonyl (C=O) groups is 1. The van der Waals surface area contributed by atoms with E-state index in [4.69, 9.17) is 9.47 Å². The summed E-state index contributed by atoms with van der Waals surface area (Å²) in [6.07, 6.45) is -3.33. The lowest BCUT2D eigenvalue weighted by Gasteiger charge is -2.36. The van der Waals surface area contributed by atoms with Crippen molar-refractivity contribution in [3.8, 4) is 17.3 Å². The average molecular weight is 459 g/mol. The number of nitrogens with one attached hydrogen (secondary N) is 1. The fourth-order valence-corrected chi connectivity index (χ4v) is 3.55. The number of amides is 1. The molecule has 172 valence electrons. The minimum absolute atomic E-state index is 0.0315. The Hall–Kier alpha value is -3.86. The van der Waals surface area contributed by atoms with E-state index < -0.39 is 23.9 Å². The third kappa shape index (κ3) is 3.80. The van der Waals surface area contributed by atoms with Crippen LogP contribution >= 0.6 is 0 Å². The molecule has 4 aromatic rings. The number of imidazole rings is 1. The van der Waals surface area contributed by atoms with Crippen molar-refractivity contribution in [3.63, 3.8) is 0 Å². The quantitative estimate of drug-likeness (QED) is 0.445. The van der Waals surface area contributed by atoms with E-state index in [1.807, 2.05) is 5.32 Å². The molecule has 1 atom stereocenters. The summed E-state index contributed by atoms with van der Waals surface area (Å²) in [5.74, 6) is -4.27. The molecule has 1 N–H and O–H groups in total. The molecule has 1 amide bonds. The molecule has 1 unspecified atom stereocenters. The number of aryl methyl sites for hydroxylation is 1. The molecular weight excluding hydrogens is 439 g/mol. The van der Waals surface area contributed by atoms with E-state index >= 15 is 0 Å². The molecule has 0 saturated heterocycles. The van der Waals surface area contributed by atoms with Gasteiger partial charge in [-0.05, 0) is 30.3 Å². The smallest absolute Gasteiger partial charge is 0.459 e. The molecular formula is C22H20F3N5O3. The van der Waals surface area contributed by atoms with Crippen LogP contribution in [0.3, 0.4) is 0 Å². The lowest BCUT2D eigenvalue weighted by Crippen LogP contribution is -2.61. The van der Waals surface area contributed by atoms with E-state index in [2.05, 4.69) is 10.1 Å². The summed E-state index contributed by atoms with van der Waals surface area (Å²) in [5.41, 5.74) is 1.55. The highest BCUT2D eigenvalue weighted by Crippen LogP contribution is 2.41. The molecule has 0 fully saturated rings. The van der Waals surface area contributed by atoms with E-state index in [0.717, 1.165) is 7.11 Å². The van der Waals surface area contributed by atoms with Crippen LogP contribution in [0.4, 0.5) is 13.2 Å². The molecule has 0 radical (unpaired) electrons. The molecule has 33 heavy (non-hydrogen) atoms. The maximum atomic E-state index is 14.5. The number of rotatable bonds is 6. The lowest BCUT2D eigenvalue weighted by molar-refractivity contribution is -0.317. The van der Waals surface area contributed by atoms with E-state index in [1.165, 1.54) is 25.3 Å². The highest BCUT2D eigenvalue weighted by atomic mass is 19.4. The number of hydrogen-bond acceptors (Lipinski definition) is 5. The number of benzene rings is 2. The van der Waals surface area contributed by atoms with Gasteiger partial charge < -0.3 is 9.47 Å². The topological polar surface area (TPSA) is 83.2 Å². The maximum Gasteiger partial charge on any atom is 0.459 e. The molecule has 2 aromatic carbocycles. The van der Waals surface area contributed by atoms with Gasteiger partial charge in [-0.1, -0.05) is 24.3 Å². The standard InChI is InChI=1S/C22H20F3N5O3/c1-29-12-11-16(28-29)15-9-10-18-17(13-15)26-20(32-2)30(18)22(33-3,21(23,24)25)27-19(31)14-7-5-4-6-8-14/h4-13H,1-3H3,(H,27,31). The number of hydrogen-bond donors (Lipinski definition) is 1. The molecule has 4 rings (SSSR count). The molecule has 0 aliphatic carbocycles. The molecule has 2 heterocycles. The minimum Gasteiger partial charge on any atom is -0.468 e. The van der Waals surface area contributed by atoms with Crippen LogP contribution in [0.5, 0.6) is 6.01 Å². The van der Waals surface area contributed by atoms with Gasteiger partial charge in [0.1, 0.15) is 0 Å². The van der Waals surface area contributed by atoms with E-state index in [1.54, 1.807) is 54.3 Å². The predicted octanol–water partition coefficient (Wildman–Crippen LogP) is 3.69. The molecule has 0 bridgehead atoms. The van der Waals surface area contributed by atoms with Crippen molar-refractivity contribution in [1.29, 1.82) is 0 Å². The van der Waals surface area contributed by atoms with Crippen LogP contribution in [0, 0.1) is 0 Å². The Morgan fingerprint density at radius 3 is 2.36 bits per heavy atom. The number of nitrogens with zero attached hydrogens (tertiary/aromatic N) is 4. The molecule has 11 heteroatoms. The largest absolute Gasteiger partial charge is 0.468 e. The number of ether oxygens (including phenoxy) is 2. The molecule has 0 spiro atoms. The SMILES string of the molecule is COc1nc2cc(-c3ccn(C)n3)ccc2n1C(NC(=O)c1ccccc1)(OC)C(F)(F)F. The van der Waals surface area contributed by atoms with Crippen molar-refractivity contribution in [2.24, 2.45) is 7.05 Å². The second-order valence-electron chi connectivity index (χ2n) is 7.18. The number of halogens is 3. The second-order valence-corrected chi connectivity index (χ2v) is 7.18. The summed E-state index contributed by atoms with van der Waals surface area (Å²) < 4.78 is 56.1. The van der Waals surface area contributed by atoms with Crippen molar-refractivity contribution < 1.29 is 27.4 Å². The molecule has 0 aliphatic rings. The lowest BCUT2D eigenvalue weighted by atomic mass is 10.1. The van der Waals surface area contributed by atoms with Gasteiger partial charge >= 0.3 is 18.0 Å². The zero-order chi connectivity index (χ0) is 23.8. The molecule has 8 nitrogen and oxygen atoms in total. The number of carbonyl (C=O) groups excluding carboxylic acids is 1. The second kappa shape index (κ2) is 8.24. The molecule has 0 aliphatic heterocycles. The average Bonchev–Trinajstić information content (AvgIpc) is 3.40. The number of alkyl halides is 3. The van der Waals surface area contributed by atoms with Gasteiger partial charge in [0.2, 0.25) is 0 Å². The number of fused-ring (bicyclic) bond motifs is 1. The van der Waals surface area contributed by atoms with E-state index in [-0.39, 0.29) is 16.6 Å². The summed E-state index contributed by atoms with van der Waals surface area (Å²) in [6, 6.07) is 13.6. The Balaban J connectivity index is 1.89. The fraction of sp³-hybridized carbons (Fsp3) is 0.227. The van der Waals surface area contributed by atoms with Gasteiger partial charge in [0, 0.05) is 31.5 Å². The minimum atomic E-state index is -5.08. The van der Waals surface area contributed by atoms with Crippen molar-refractivity contribution in [2.75, 3.05) is 14.2 Å². The van der Waals surface area contributed by atoms with Crippen molar-refractivity contribution in [3.05, 3.63) is 66.4 Å². The summed E-state index contributed by atoms with van der Waals surface area (Å²) in [5, 5.41) is 6.30. The van der Waals surface area contributed by atoms with Crippen LogP contribution in [0.25, 0.3) is 22.3 Å². The Bertz CT molecular complexity index is 1300. The summed E-state index contributed by atoms with van der Waals surface area (Å²) in [6.45, 7) is 0. The zero-order valence-corrected chi connectivity index (χ0v) is 17.9. The summed E-state index contributed by atoms with van der Waals surface area (Å²) in [7, 11) is 3.80. The van der Waals surface area contributed by atoms with Crippen LogP contribution < -0.4 is 10.1 Å². The van der Waals surface area contributed by atoms with Crippen LogP contribution in [0.2, 0.25) is 0 Å². The van der Waals surface area contributed by atoms with Crippen molar-refractivity contribution in [2.45, 2.75) is 12.0 Å².